The third kappa shape index (κ3) is 5.53. The highest BCUT2D eigenvalue weighted by Crippen LogP contribution is 2.47. The Bertz CT molecular complexity index is 1110. The van der Waals surface area contributed by atoms with Crippen molar-refractivity contribution in [3.05, 3.63) is 71.1 Å². The summed E-state index contributed by atoms with van der Waals surface area (Å²) in [6.07, 6.45) is 5.27. The predicted molar refractivity (Wildman–Crippen MR) is 124 cm³/mol. The highest BCUT2D eigenvalue weighted by Gasteiger charge is 2.39. The number of aliphatic hydroxyl groups excluding tert-OH is 1. The van der Waals surface area contributed by atoms with Crippen molar-refractivity contribution in [2.75, 3.05) is 32.8 Å². The number of nitrogens with zero attached hydrogens (tertiary/aromatic N) is 4. The fraction of sp³-hybridized carbons (Fsp3) is 0.462. The Hall–Kier alpha value is -2.92. The van der Waals surface area contributed by atoms with Crippen LogP contribution in [-0.2, 0) is 11.3 Å². The molecule has 3 heterocycles. The first-order valence-corrected chi connectivity index (χ1v) is 11.7. The van der Waals surface area contributed by atoms with Crippen LogP contribution in [0.15, 0.2) is 47.2 Å². The summed E-state index contributed by atoms with van der Waals surface area (Å²) in [4.78, 5) is 6.73. The molecule has 0 amide bonds. The van der Waals surface area contributed by atoms with Crippen LogP contribution < -0.4 is 0 Å². The van der Waals surface area contributed by atoms with E-state index in [9.17, 15) is 5.11 Å². The minimum absolute atomic E-state index is 0.479. The van der Waals surface area contributed by atoms with Gasteiger partial charge in [-0.1, -0.05) is 23.2 Å². The van der Waals surface area contributed by atoms with Crippen molar-refractivity contribution < 1.29 is 14.4 Å². The zero-order valence-corrected chi connectivity index (χ0v) is 19.0. The monoisotopic (exact) mass is 446 g/mol. The first-order valence-electron chi connectivity index (χ1n) is 11.7. The molecule has 0 radical (unpaired) electrons. The number of hydrogen-bond donors (Lipinski definition) is 1. The molecule has 1 aliphatic carbocycles. The second-order valence-electron chi connectivity index (χ2n) is 9.01. The molecule has 2 unspecified atom stereocenters. The number of aromatic nitrogens is 3. The highest BCUT2D eigenvalue weighted by molar-refractivity contribution is 5.42. The van der Waals surface area contributed by atoms with Crippen LogP contribution in [0, 0.1) is 17.8 Å². The van der Waals surface area contributed by atoms with Gasteiger partial charge in [0.1, 0.15) is 17.6 Å². The highest BCUT2D eigenvalue weighted by atomic mass is 16.5. The van der Waals surface area contributed by atoms with E-state index in [1.165, 1.54) is 18.5 Å². The maximum Gasteiger partial charge on any atom is 0.210 e. The summed E-state index contributed by atoms with van der Waals surface area (Å²) in [5.74, 6) is 8.78. The first-order chi connectivity index (χ1) is 16.2. The van der Waals surface area contributed by atoms with Crippen molar-refractivity contribution in [3.63, 3.8) is 0 Å². The lowest BCUT2D eigenvalue weighted by atomic mass is 10.1. The quantitative estimate of drug-likeness (QED) is 0.586. The molecule has 1 aromatic carbocycles. The van der Waals surface area contributed by atoms with Crippen LogP contribution >= 0.6 is 0 Å². The molecule has 2 aromatic heterocycles. The van der Waals surface area contributed by atoms with Gasteiger partial charge >= 0.3 is 0 Å². The molecule has 0 spiro atoms. The van der Waals surface area contributed by atoms with Gasteiger partial charge in [-0.2, -0.15) is 0 Å². The topological polar surface area (TPSA) is 76.6 Å². The van der Waals surface area contributed by atoms with Crippen LogP contribution in [-0.4, -0.2) is 57.6 Å². The van der Waals surface area contributed by atoms with Crippen molar-refractivity contribution in [3.8, 4) is 11.8 Å². The average molecular weight is 447 g/mol. The van der Waals surface area contributed by atoms with Crippen molar-refractivity contribution in [2.24, 2.45) is 5.92 Å². The van der Waals surface area contributed by atoms with Crippen molar-refractivity contribution in [1.29, 1.82) is 0 Å². The molecular weight excluding hydrogens is 416 g/mol. The van der Waals surface area contributed by atoms with E-state index in [4.69, 9.17) is 9.26 Å². The standard InChI is InChI=1S/C26H30N4O3/c1-19(31)26-27-9-11-30(26)18-23-16-24(33-28-23)8-5-20-3-6-21(7-4-20)25-15-22(25)17-29-10-2-13-32-14-12-29/h3-4,6-7,9,11,16,19,22,25,31H,2,10,12-15,17-18H2,1H3/t19-,22?,25?/m0/s1. The molecule has 33 heavy (non-hydrogen) atoms. The zero-order valence-electron chi connectivity index (χ0n) is 19.0. The molecule has 2 aliphatic rings. The zero-order chi connectivity index (χ0) is 22.6. The molecule has 1 saturated heterocycles. The average Bonchev–Trinajstić information content (AvgIpc) is 3.30. The van der Waals surface area contributed by atoms with Gasteiger partial charge < -0.3 is 23.8 Å². The van der Waals surface area contributed by atoms with Gasteiger partial charge in [0, 0.05) is 50.3 Å². The number of ether oxygens (including phenoxy) is 1. The molecule has 3 aromatic rings. The first kappa shape index (κ1) is 21.9. The Morgan fingerprint density at radius 3 is 2.91 bits per heavy atom. The summed E-state index contributed by atoms with van der Waals surface area (Å²) in [5, 5.41) is 13.9. The summed E-state index contributed by atoms with van der Waals surface area (Å²) in [6.45, 7) is 7.34. The van der Waals surface area contributed by atoms with Gasteiger partial charge in [-0.05, 0) is 55.2 Å². The molecule has 5 rings (SSSR count). The van der Waals surface area contributed by atoms with Crippen LogP contribution in [0.4, 0.5) is 0 Å². The Kier molecular flexibility index (Phi) is 6.58. The molecule has 2 fully saturated rings. The lowest BCUT2D eigenvalue weighted by Crippen LogP contribution is -2.28. The molecule has 1 saturated carbocycles. The SMILES string of the molecule is C[C@H](O)c1nccn1Cc1cc(C#Cc2ccc(C3CC3CN3CCCOCC3)cc2)on1. The summed E-state index contributed by atoms with van der Waals surface area (Å²) < 4.78 is 12.8. The summed E-state index contributed by atoms with van der Waals surface area (Å²) >= 11 is 0. The van der Waals surface area contributed by atoms with Gasteiger partial charge in [0.15, 0.2) is 0 Å². The maximum absolute atomic E-state index is 9.79. The number of imidazole rings is 1. The van der Waals surface area contributed by atoms with Gasteiger partial charge in [0.25, 0.3) is 0 Å². The Morgan fingerprint density at radius 2 is 2.06 bits per heavy atom. The molecule has 3 atom stereocenters. The normalized spacial score (nSPS) is 21.8. The molecule has 7 heteroatoms. The Labute approximate surface area is 194 Å². The van der Waals surface area contributed by atoms with E-state index < -0.39 is 6.10 Å². The van der Waals surface area contributed by atoms with Crippen LogP contribution in [0.5, 0.6) is 0 Å². The van der Waals surface area contributed by atoms with E-state index in [2.05, 4.69) is 51.1 Å². The Balaban J connectivity index is 1.16. The van der Waals surface area contributed by atoms with Crippen LogP contribution in [0.3, 0.4) is 0 Å². The molecule has 1 aliphatic heterocycles. The second kappa shape index (κ2) is 9.92. The minimum Gasteiger partial charge on any atom is -0.385 e. The third-order valence-electron chi connectivity index (χ3n) is 6.41. The number of aliphatic hydroxyl groups is 1. The minimum atomic E-state index is -0.635. The molecular formula is C26H30N4O3. The smallest absolute Gasteiger partial charge is 0.210 e. The van der Waals surface area contributed by atoms with E-state index in [0.29, 0.717) is 24.0 Å². The molecule has 1 N–H and O–H groups in total. The van der Waals surface area contributed by atoms with Crippen LogP contribution in [0.2, 0.25) is 0 Å². The van der Waals surface area contributed by atoms with Gasteiger partial charge in [0.05, 0.1) is 13.2 Å². The second-order valence-corrected chi connectivity index (χ2v) is 9.01. The third-order valence-corrected chi connectivity index (χ3v) is 6.41. The van der Waals surface area contributed by atoms with Crippen molar-refractivity contribution in [1.82, 2.24) is 19.6 Å². The van der Waals surface area contributed by atoms with Crippen molar-refractivity contribution in [2.45, 2.75) is 38.3 Å². The van der Waals surface area contributed by atoms with E-state index in [1.807, 2.05) is 16.8 Å². The fourth-order valence-corrected chi connectivity index (χ4v) is 4.56. The number of benzene rings is 1. The summed E-state index contributed by atoms with van der Waals surface area (Å²) in [5.41, 5.74) is 3.11. The van der Waals surface area contributed by atoms with E-state index in [1.54, 1.807) is 13.1 Å². The van der Waals surface area contributed by atoms with Gasteiger partial charge in [-0.25, -0.2) is 4.98 Å². The number of rotatable bonds is 6. The molecule has 172 valence electrons. The van der Waals surface area contributed by atoms with E-state index in [-0.39, 0.29) is 0 Å². The lowest BCUT2D eigenvalue weighted by molar-refractivity contribution is 0.140. The summed E-state index contributed by atoms with van der Waals surface area (Å²) in [6, 6.07) is 10.4. The maximum atomic E-state index is 9.79. The number of hydrogen-bond acceptors (Lipinski definition) is 6. The van der Waals surface area contributed by atoms with Gasteiger partial charge in [0.2, 0.25) is 5.76 Å². The van der Waals surface area contributed by atoms with Crippen LogP contribution in [0.1, 0.15) is 60.2 Å². The Morgan fingerprint density at radius 1 is 1.18 bits per heavy atom. The van der Waals surface area contributed by atoms with E-state index >= 15 is 0 Å². The van der Waals surface area contributed by atoms with E-state index in [0.717, 1.165) is 49.9 Å². The predicted octanol–water partition coefficient (Wildman–Crippen LogP) is 3.20. The van der Waals surface area contributed by atoms with Crippen LogP contribution in [0.25, 0.3) is 0 Å². The van der Waals surface area contributed by atoms with Crippen molar-refractivity contribution >= 4 is 0 Å². The fourth-order valence-electron chi connectivity index (χ4n) is 4.56. The lowest BCUT2D eigenvalue weighted by Gasteiger charge is -2.18. The van der Waals surface area contributed by atoms with Gasteiger partial charge in [-0.3, -0.25) is 0 Å². The molecule has 0 bridgehead atoms. The van der Waals surface area contributed by atoms with Gasteiger partial charge in [-0.15, -0.1) is 0 Å². The largest absolute Gasteiger partial charge is 0.385 e. The molecule has 7 nitrogen and oxygen atoms in total. The summed E-state index contributed by atoms with van der Waals surface area (Å²) in [7, 11) is 0.